The highest BCUT2D eigenvalue weighted by Crippen LogP contribution is 2.17. The Hall–Kier alpha value is -1.34. The first-order chi connectivity index (χ1) is 10.5. The van der Waals surface area contributed by atoms with Gasteiger partial charge in [0.15, 0.2) is 0 Å². The molecule has 0 aliphatic carbocycles. The summed E-state index contributed by atoms with van der Waals surface area (Å²) in [6, 6.07) is 0. The third kappa shape index (κ3) is 10.9. The zero-order valence-electron chi connectivity index (χ0n) is 15.6. The first kappa shape index (κ1) is 21.7. The van der Waals surface area contributed by atoms with E-state index in [2.05, 4.69) is 10.6 Å². The lowest BCUT2D eigenvalue weighted by Gasteiger charge is -2.36. The van der Waals surface area contributed by atoms with E-state index >= 15 is 0 Å². The molecule has 0 aliphatic rings. The van der Waals surface area contributed by atoms with Crippen LogP contribution >= 0.6 is 0 Å². The second-order valence-corrected chi connectivity index (χ2v) is 7.32. The Morgan fingerprint density at radius 3 is 2.13 bits per heavy atom. The van der Waals surface area contributed by atoms with Gasteiger partial charge in [-0.3, -0.25) is 4.79 Å². The van der Waals surface area contributed by atoms with E-state index in [4.69, 9.17) is 9.47 Å². The summed E-state index contributed by atoms with van der Waals surface area (Å²) in [4.78, 5) is 25.5. The molecule has 0 heterocycles. The predicted molar refractivity (Wildman–Crippen MR) is 90.4 cm³/mol. The van der Waals surface area contributed by atoms with Gasteiger partial charge in [0.2, 0.25) is 5.91 Å². The summed E-state index contributed by atoms with van der Waals surface area (Å²) in [5, 5.41) is 5.75. The number of rotatable bonds is 8. The summed E-state index contributed by atoms with van der Waals surface area (Å²) in [5.74, 6) is -0.0957. The number of amides is 2. The predicted octanol–water partition coefficient (Wildman–Crippen LogP) is 1.37. The smallest absolute Gasteiger partial charge is 0.410 e. The van der Waals surface area contributed by atoms with Crippen molar-refractivity contribution in [2.24, 2.45) is 0 Å². The summed E-state index contributed by atoms with van der Waals surface area (Å²) in [7, 11) is 1.59. The van der Waals surface area contributed by atoms with Crippen molar-refractivity contribution in [2.45, 2.75) is 52.7 Å². The first-order valence-corrected chi connectivity index (χ1v) is 7.94. The molecule has 7 nitrogen and oxygen atoms in total. The van der Waals surface area contributed by atoms with Crippen LogP contribution in [0.2, 0.25) is 0 Å². The van der Waals surface area contributed by atoms with Gasteiger partial charge in [0, 0.05) is 32.3 Å². The Morgan fingerprint density at radius 2 is 1.65 bits per heavy atom. The molecule has 2 N–H and O–H groups in total. The molecule has 0 saturated carbocycles. The molecular formula is C16H33N3O4. The lowest BCUT2D eigenvalue weighted by Crippen LogP contribution is -2.50. The van der Waals surface area contributed by atoms with E-state index in [1.165, 1.54) is 0 Å². The molecule has 0 radical (unpaired) electrons. The Bertz CT molecular complexity index is 373. The average molecular weight is 331 g/mol. The Morgan fingerprint density at radius 1 is 1.04 bits per heavy atom. The summed E-state index contributed by atoms with van der Waals surface area (Å²) < 4.78 is 10.3. The van der Waals surface area contributed by atoms with Crippen molar-refractivity contribution in [1.29, 1.82) is 0 Å². The van der Waals surface area contributed by atoms with Gasteiger partial charge in [0.05, 0.1) is 13.2 Å². The van der Waals surface area contributed by atoms with Crippen LogP contribution in [0.4, 0.5) is 4.79 Å². The maximum Gasteiger partial charge on any atom is 0.410 e. The quantitative estimate of drug-likeness (QED) is 0.657. The highest BCUT2D eigenvalue weighted by atomic mass is 16.6. The van der Waals surface area contributed by atoms with Gasteiger partial charge in [-0.25, -0.2) is 4.79 Å². The summed E-state index contributed by atoms with van der Waals surface area (Å²) in [5.41, 5.74) is -0.889. The lowest BCUT2D eigenvalue weighted by atomic mass is 10.1. The molecule has 0 rings (SSSR count). The van der Waals surface area contributed by atoms with Crippen LogP contribution in [0.1, 0.15) is 41.5 Å². The monoisotopic (exact) mass is 331 g/mol. The molecule has 0 atom stereocenters. The third-order valence-electron chi connectivity index (χ3n) is 2.85. The van der Waals surface area contributed by atoms with Crippen LogP contribution in [0.15, 0.2) is 0 Å². The van der Waals surface area contributed by atoms with Crippen LogP contribution in [0.3, 0.4) is 0 Å². The fourth-order valence-electron chi connectivity index (χ4n) is 1.77. The summed E-state index contributed by atoms with van der Waals surface area (Å²) >= 11 is 0. The van der Waals surface area contributed by atoms with Gasteiger partial charge in [-0.15, -0.1) is 0 Å². The van der Waals surface area contributed by atoms with Crippen molar-refractivity contribution in [3.63, 3.8) is 0 Å². The highest BCUT2D eigenvalue weighted by Gasteiger charge is 2.30. The summed E-state index contributed by atoms with van der Waals surface area (Å²) in [6.45, 7) is 13.5. The van der Waals surface area contributed by atoms with Crippen LogP contribution in [0.25, 0.3) is 0 Å². The minimum atomic E-state index is -0.532. The van der Waals surface area contributed by atoms with Crippen LogP contribution < -0.4 is 10.6 Å². The first-order valence-electron chi connectivity index (χ1n) is 7.94. The Balaban J connectivity index is 4.28. The SMILES string of the molecule is COCCNC(=O)CNCCN(C(=O)OC(C)(C)C)C(C)(C)C. The summed E-state index contributed by atoms with van der Waals surface area (Å²) in [6.07, 6.45) is -0.351. The molecular weight excluding hydrogens is 298 g/mol. The topological polar surface area (TPSA) is 79.9 Å². The van der Waals surface area contributed by atoms with Crippen molar-refractivity contribution in [3.05, 3.63) is 0 Å². The van der Waals surface area contributed by atoms with Crippen molar-refractivity contribution in [1.82, 2.24) is 15.5 Å². The van der Waals surface area contributed by atoms with Crippen molar-refractivity contribution < 1.29 is 19.1 Å². The molecule has 0 fully saturated rings. The van der Waals surface area contributed by atoms with Gasteiger partial charge in [0.25, 0.3) is 0 Å². The van der Waals surface area contributed by atoms with Gasteiger partial charge in [-0.05, 0) is 41.5 Å². The lowest BCUT2D eigenvalue weighted by molar-refractivity contribution is -0.120. The van der Waals surface area contributed by atoms with Gasteiger partial charge < -0.3 is 25.0 Å². The molecule has 2 amide bonds. The zero-order valence-corrected chi connectivity index (χ0v) is 15.6. The Labute approximate surface area is 140 Å². The standard InChI is InChI=1S/C16H33N3O4/c1-15(2,3)19(14(21)23-16(4,5)6)10-8-17-12-13(20)18-9-11-22-7/h17H,8-12H2,1-7H3,(H,18,20). The van der Waals surface area contributed by atoms with Crippen molar-refractivity contribution in [3.8, 4) is 0 Å². The maximum atomic E-state index is 12.3. The van der Waals surface area contributed by atoms with Gasteiger partial charge in [-0.2, -0.15) is 0 Å². The average Bonchev–Trinajstić information content (AvgIpc) is 2.34. The highest BCUT2D eigenvalue weighted by molar-refractivity contribution is 5.77. The van der Waals surface area contributed by atoms with E-state index in [0.29, 0.717) is 26.2 Å². The van der Waals surface area contributed by atoms with Gasteiger partial charge >= 0.3 is 6.09 Å². The van der Waals surface area contributed by atoms with Gasteiger partial charge in [-0.1, -0.05) is 0 Å². The number of ether oxygens (including phenoxy) is 2. The van der Waals surface area contributed by atoms with E-state index in [0.717, 1.165) is 0 Å². The molecule has 0 bridgehead atoms. The molecule has 0 unspecified atom stereocenters. The van der Waals surface area contributed by atoms with E-state index in [1.54, 1.807) is 12.0 Å². The molecule has 7 heteroatoms. The number of hydrogen-bond acceptors (Lipinski definition) is 5. The maximum absolute atomic E-state index is 12.3. The molecule has 23 heavy (non-hydrogen) atoms. The second kappa shape index (κ2) is 9.72. The minimum absolute atomic E-state index is 0.0957. The molecule has 0 aromatic rings. The molecule has 136 valence electrons. The van der Waals surface area contributed by atoms with E-state index in [9.17, 15) is 9.59 Å². The number of nitrogens with zero attached hydrogens (tertiary/aromatic N) is 1. The fraction of sp³-hybridized carbons (Fsp3) is 0.875. The number of hydrogen-bond donors (Lipinski definition) is 2. The molecule has 0 aromatic carbocycles. The van der Waals surface area contributed by atoms with E-state index in [-0.39, 0.29) is 24.1 Å². The van der Waals surface area contributed by atoms with Crippen molar-refractivity contribution >= 4 is 12.0 Å². The third-order valence-corrected chi connectivity index (χ3v) is 2.85. The fourth-order valence-corrected chi connectivity index (χ4v) is 1.77. The molecule has 0 spiro atoms. The second-order valence-electron chi connectivity index (χ2n) is 7.32. The van der Waals surface area contributed by atoms with Crippen LogP contribution in [0, 0.1) is 0 Å². The zero-order chi connectivity index (χ0) is 18.1. The van der Waals surface area contributed by atoms with Crippen LogP contribution in [0.5, 0.6) is 0 Å². The number of nitrogens with one attached hydrogen (secondary N) is 2. The van der Waals surface area contributed by atoms with E-state index < -0.39 is 5.60 Å². The van der Waals surface area contributed by atoms with E-state index in [1.807, 2.05) is 41.5 Å². The number of carbonyl (C=O) groups is 2. The number of carbonyl (C=O) groups excluding carboxylic acids is 2. The normalized spacial score (nSPS) is 12.0. The van der Waals surface area contributed by atoms with Crippen molar-refractivity contribution in [2.75, 3.05) is 39.9 Å². The number of methoxy groups -OCH3 is 1. The minimum Gasteiger partial charge on any atom is -0.444 e. The molecule has 0 aromatic heterocycles. The van der Waals surface area contributed by atoms with Crippen LogP contribution in [-0.4, -0.2) is 67.9 Å². The van der Waals surface area contributed by atoms with Gasteiger partial charge in [0.1, 0.15) is 5.60 Å². The molecule has 0 aliphatic heterocycles. The van der Waals surface area contributed by atoms with Crippen LogP contribution in [-0.2, 0) is 14.3 Å². The largest absolute Gasteiger partial charge is 0.444 e. The Kier molecular flexibility index (Phi) is 9.16. The molecule has 0 saturated heterocycles.